The van der Waals surface area contributed by atoms with Gasteiger partial charge >= 0.3 is 184 Å². The summed E-state index contributed by atoms with van der Waals surface area (Å²) in [6.45, 7) is 0. The Morgan fingerprint density at radius 3 is 0.635 bits per heavy atom. The molecule has 30 heteroatoms. The maximum Gasteiger partial charge on any atom is 1.00 e. The summed E-state index contributed by atoms with van der Waals surface area (Å²) >= 11 is 0. The predicted molar refractivity (Wildman–Crippen MR) is 123 cm³/mol. The van der Waals surface area contributed by atoms with Crippen molar-refractivity contribution in [3.63, 3.8) is 0 Å². The Morgan fingerprint density at radius 1 is 0.346 bits per heavy atom. The van der Waals surface area contributed by atoms with Crippen molar-refractivity contribution in [1.29, 1.82) is 0 Å². The monoisotopic (exact) mass is 804 g/mol. The number of carbonyl (C=O) groups excluding carboxylic acids is 5. The number of hydrogen-bond acceptors (Lipinski definition) is 19. The van der Waals surface area contributed by atoms with Crippen LogP contribution in [-0.2, 0) is 52.7 Å². The molecule has 0 aliphatic rings. The first-order valence-electron chi connectivity index (χ1n) is 11.5. The van der Waals surface area contributed by atoms with Crippen molar-refractivity contribution in [1.82, 2.24) is 0 Å². The van der Waals surface area contributed by atoms with Gasteiger partial charge in [0.15, 0.2) is 11.2 Å². The zero-order valence-electron chi connectivity index (χ0n) is 28.2. The number of rotatable bonds is 18. The molecule has 0 aromatic rings. The summed E-state index contributed by atoms with van der Waals surface area (Å²) in [5, 5.41) is 126. The molecule has 0 saturated carbocycles. The summed E-state index contributed by atoms with van der Waals surface area (Å²) in [5.74, 6) is -18.8. The maximum atomic E-state index is 10.3. The molecule has 0 aliphatic carbocycles. The number of aliphatic carboxylic acids is 11. The van der Waals surface area contributed by atoms with E-state index in [9.17, 15) is 78.3 Å². The normalized spacial score (nSPS) is 9.44. The third kappa shape index (κ3) is 41.8. The van der Waals surface area contributed by atoms with Crippen LogP contribution in [0.3, 0.4) is 0 Å². The van der Waals surface area contributed by atoms with Crippen molar-refractivity contribution in [2.24, 2.45) is 0 Å². The molecule has 0 aliphatic heterocycles. The Balaban J connectivity index is -0.0000000665. The van der Waals surface area contributed by atoms with Crippen LogP contribution in [-0.4, -0.2) is 128 Å². The second-order valence-corrected chi connectivity index (χ2v) is 8.62. The first kappa shape index (κ1) is 72.3. The minimum atomic E-state index is -2.97. The van der Waals surface area contributed by atoms with Gasteiger partial charge in [0.1, 0.15) is 5.60 Å². The van der Waals surface area contributed by atoms with Crippen molar-refractivity contribution in [3.05, 3.63) is 0 Å². The van der Waals surface area contributed by atoms with Crippen molar-refractivity contribution < 1.29 is 272 Å². The van der Waals surface area contributed by atoms with E-state index >= 15 is 0 Å². The van der Waals surface area contributed by atoms with E-state index in [1.807, 2.05) is 0 Å². The summed E-state index contributed by atoms with van der Waals surface area (Å²) in [7, 11) is 0. The van der Waals surface area contributed by atoms with Gasteiger partial charge in [0.25, 0.3) is 0 Å². The molecule has 0 aromatic heterocycles. The van der Waals surface area contributed by atoms with E-state index < -0.39 is 134 Å². The summed E-state index contributed by atoms with van der Waals surface area (Å²) in [6, 6.07) is 0. The van der Waals surface area contributed by atoms with E-state index in [-0.39, 0.29) is 148 Å². The topological polar surface area (TPSA) is 485 Å². The number of carboxylic acid groups (broad SMARTS) is 11. The third-order valence-corrected chi connectivity index (χ3v) is 4.36. The van der Waals surface area contributed by atoms with Gasteiger partial charge in [-0.3, -0.25) is 19.2 Å². The Labute approximate surface area is 400 Å². The van der Waals surface area contributed by atoms with Crippen LogP contribution in [0.25, 0.3) is 0 Å². The van der Waals surface area contributed by atoms with Crippen molar-refractivity contribution in [2.45, 2.75) is 68.2 Å². The summed E-state index contributed by atoms with van der Waals surface area (Å²) in [6.07, 6.45) is -8.23. The second-order valence-electron chi connectivity index (χ2n) is 8.62. The molecule has 268 valence electrons. The Morgan fingerprint density at radius 2 is 0.538 bits per heavy atom. The SMILES string of the molecule is O=C(O)CC(O)(CC(=O)O)C(=O)O.O=C(O)CC(O)(CC(=O)O)C(=O)O.O=C([O-])CC(O)(CC(=O)[O-])C(=O)[O-].O=C([O-])CCC(=O)[O-].[Na+].[Na+].[Na+].[Na+].[Na+]. The van der Waals surface area contributed by atoms with Gasteiger partial charge in [-0.25, -0.2) is 9.59 Å². The third-order valence-electron chi connectivity index (χ3n) is 4.36. The minimum absolute atomic E-state index is 0. The molecule has 0 fully saturated rings. The molecule has 9 N–H and O–H groups in total. The molecule has 0 saturated heterocycles. The van der Waals surface area contributed by atoms with Gasteiger partial charge in [-0.05, 0) is 12.8 Å². The first-order chi connectivity index (χ1) is 21.0. The minimum Gasteiger partial charge on any atom is -0.550 e. The van der Waals surface area contributed by atoms with Gasteiger partial charge in [0.2, 0.25) is 0 Å². The van der Waals surface area contributed by atoms with Crippen LogP contribution in [0, 0.1) is 0 Å². The van der Waals surface area contributed by atoms with Crippen LogP contribution < -0.4 is 173 Å². The fourth-order valence-electron chi connectivity index (χ4n) is 2.32. The Hall–Kier alpha value is -0.950. The molecular formula is C22H25Na5O25. The van der Waals surface area contributed by atoms with Crippen molar-refractivity contribution in [2.75, 3.05) is 0 Å². The van der Waals surface area contributed by atoms with Crippen molar-refractivity contribution >= 4 is 65.7 Å². The second kappa shape index (κ2) is 35.7. The molecule has 0 unspecified atom stereocenters. The first-order valence-corrected chi connectivity index (χ1v) is 11.5. The Kier molecular flexibility index (Phi) is 49.7. The van der Waals surface area contributed by atoms with E-state index in [0.29, 0.717) is 0 Å². The van der Waals surface area contributed by atoms with Gasteiger partial charge in [-0.2, -0.15) is 0 Å². The molecule has 52 heavy (non-hydrogen) atoms. The van der Waals surface area contributed by atoms with Crippen LogP contribution in [0.15, 0.2) is 0 Å². The summed E-state index contributed by atoms with van der Waals surface area (Å²) in [4.78, 5) is 110. The average Bonchev–Trinajstić information content (AvgIpc) is 2.80. The summed E-state index contributed by atoms with van der Waals surface area (Å²) in [5.41, 5.74) is -8.45. The van der Waals surface area contributed by atoms with E-state index in [1.54, 1.807) is 0 Å². The molecule has 0 spiro atoms. The molecule has 0 aromatic carbocycles. The molecule has 0 atom stereocenters. The molecule has 0 radical (unpaired) electrons. The summed E-state index contributed by atoms with van der Waals surface area (Å²) < 4.78 is 0. The largest absolute Gasteiger partial charge is 1.00 e. The zero-order chi connectivity index (χ0) is 38.5. The van der Waals surface area contributed by atoms with Gasteiger partial charge in [-0.15, -0.1) is 0 Å². The van der Waals surface area contributed by atoms with Crippen LogP contribution in [0.1, 0.15) is 51.4 Å². The van der Waals surface area contributed by atoms with E-state index in [2.05, 4.69) is 0 Å². The van der Waals surface area contributed by atoms with Crippen LogP contribution in [0.5, 0.6) is 0 Å². The number of aliphatic hydroxyl groups is 3. The maximum absolute atomic E-state index is 10.3. The van der Waals surface area contributed by atoms with Gasteiger partial charge in [0.05, 0.1) is 31.7 Å². The molecule has 25 nitrogen and oxygen atoms in total. The smallest absolute Gasteiger partial charge is 0.550 e. The zero-order valence-corrected chi connectivity index (χ0v) is 38.2. The number of carboxylic acids is 11. The van der Waals surface area contributed by atoms with Gasteiger partial charge in [0, 0.05) is 36.7 Å². The average molecular weight is 804 g/mol. The Bertz CT molecular complexity index is 1040. The van der Waals surface area contributed by atoms with E-state index in [0.717, 1.165) is 0 Å². The molecule has 0 heterocycles. The van der Waals surface area contributed by atoms with Gasteiger partial charge in [-0.1, -0.05) is 0 Å². The van der Waals surface area contributed by atoms with Crippen molar-refractivity contribution in [3.8, 4) is 0 Å². The fraction of sp³-hybridized carbons (Fsp3) is 0.500. The quantitative estimate of drug-likeness (QED) is 0.0581. The predicted octanol–water partition coefficient (Wildman–Crippen LogP) is -25.5. The van der Waals surface area contributed by atoms with Gasteiger partial charge < -0.3 is 95.5 Å². The van der Waals surface area contributed by atoms with Crippen LogP contribution in [0.2, 0.25) is 0 Å². The van der Waals surface area contributed by atoms with Crippen LogP contribution in [0.4, 0.5) is 0 Å². The molecular weight excluding hydrogens is 779 g/mol. The van der Waals surface area contributed by atoms with Crippen LogP contribution >= 0.6 is 0 Å². The molecule has 0 bridgehead atoms. The van der Waals surface area contributed by atoms with E-state index in [1.165, 1.54) is 0 Å². The standard InChI is InChI=1S/3C6H8O7.C4H6O4.5Na/c3*7-3(8)1-6(13,5(11)12)2-4(9)10;5-3(6)1-2-4(7)8;;;;;/h3*13H,1-2H2,(H,7,8)(H,9,10)(H,11,12);1-2H2,(H,5,6)(H,7,8);;;;;/q;;;;5*+1/p-5. The molecule has 0 rings (SSSR count). The number of hydrogen-bond donors (Lipinski definition) is 9. The number of carbonyl (C=O) groups is 11. The fourth-order valence-corrected chi connectivity index (χ4v) is 2.32. The molecule has 0 amide bonds. The van der Waals surface area contributed by atoms with E-state index in [4.69, 9.17) is 46.0 Å².